The van der Waals surface area contributed by atoms with Crippen LogP contribution in [0.5, 0.6) is 0 Å². The Morgan fingerprint density at radius 1 is 1.25 bits per heavy atom. The molecule has 0 aliphatic heterocycles. The molecule has 0 heterocycles. The molecule has 0 aromatic heterocycles. The van der Waals surface area contributed by atoms with Gasteiger partial charge in [0.1, 0.15) is 5.82 Å². The molecule has 0 unspecified atom stereocenters. The number of hydrogen-bond acceptors (Lipinski definition) is 1. The average Bonchev–Trinajstić information content (AvgIpc) is 2.32. The van der Waals surface area contributed by atoms with E-state index in [9.17, 15) is 4.39 Å². The molecule has 3 heteroatoms. The highest BCUT2D eigenvalue weighted by Gasteiger charge is 2.14. The first-order chi connectivity index (χ1) is 7.77. The molecule has 0 bridgehead atoms. The third kappa shape index (κ3) is 3.05. The molecule has 1 aromatic carbocycles. The summed E-state index contributed by atoms with van der Waals surface area (Å²) in [4.78, 5) is 0. The molecule has 1 saturated carbocycles. The van der Waals surface area contributed by atoms with Crippen LogP contribution in [0.15, 0.2) is 22.7 Å². The van der Waals surface area contributed by atoms with Crippen molar-refractivity contribution in [3.8, 4) is 0 Å². The van der Waals surface area contributed by atoms with E-state index in [0.29, 0.717) is 17.2 Å². The molecule has 0 N–H and O–H groups in total. The van der Waals surface area contributed by atoms with E-state index in [4.69, 9.17) is 4.74 Å². The van der Waals surface area contributed by atoms with Crippen LogP contribution in [0.4, 0.5) is 4.39 Å². The Kier molecular flexibility index (Phi) is 4.36. The van der Waals surface area contributed by atoms with Gasteiger partial charge in [-0.2, -0.15) is 0 Å². The van der Waals surface area contributed by atoms with Crippen molar-refractivity contribution in [2.24, 2.45) is 0 Å². The molecule has 1 nitrogen and oxygen atoms in total. The Morgan fingerprint density at radius 2 is 2.00 bits per heavy atom. The predicted octanol–water partition coefficient (Wildman–Crippen LogP) is 4.44. The maximum absolute atomic E-state index is 13.2. The van der Waals surface area contributed by atoms with Gasteiger partial charge in [-0.3, -0.25) is 0 Å². The zero-order valence-corrected chi connectivity index (χ0v) is 10.8. The van der Waals surface area contributed by atoms with E-state index in [-0.39, 0.29) is 5.82 Å². The molecule has 0 radical (unpaired) electrons. The van der Waals surface area contributed by atoms with E-state index in [1.165, 1.54) is 25.3 Å². The minimum absolute atomic E-state index is 0.218. The minimum atomic E-state index is -0.218. The highest BCUT2D eigenvalue weighted by atomic mass is 79.9. The summed E-state index contributed by atoms with van der Waals surface area (Å²) in [6, 6.07) is 5.07. The summed E-state index contributed by atoms with van der Waals surface area (Å²) in [6.07, 6.45) is 6.50. The van der Waals surface area contributed by atoms with E-state index in [1.54, 1.807) is 6.07 Å². The summed E-state index contributed by atoms with van der Waals surface area (Å²) in [6.45, 7) is 0.503. The zero-order chi connectivity index (χ0) is 11.4. The molecule has 0 saturated heterocycles. The summed E-state index contributed by atoms with van der Waals surface area (Å²) in [5.41, 5.74) is 0.894. The van der Waals surface area contributed by atoms with Crippen LogP contribution in [0.1, 0.15) is 37.7 Å². The highest BCUT2D eigenvalue weighted by molar-refractivity contribution is 9.10. The second-order valence-corrected chi connectivity index (χ2v) is 5.08. The van der Waals surface area contributed by atoms with Gasteiger partial charge in [0.15, 0.2) is 0 Å². The third-order valence-electron chi connectivity index (χ3n) is 3.06. The monoisotopic (exact) mass is 286 g/mol. The Labute approximate surface area is 104 Å². The lowest BCUT2D eigenvalue weighted by Gasteiger charge is -2.22. The highest BCUT2D eigenvalue weighted by Crippen LogP contribution is 2.24. The summed E-state index contributed by atoms with van der Waals surface area (Å²) < 4.78 is 19.6. The standard InChI is InChI=1S/C13H16BrFO/c14-13-10(5-4-8-12(13)15)9-16-11-6-2-1-3-7-11/h4-5,8,11H,1-3,6-7,9H2. The van der Waals surface area contributed by atoms with Gasteiger partial charge >= 0.3 is 0 Å². The molecule has 0 spiro atoms. The fraction of sp³-hybridized carbons (Fsp3) is 0.538. The van der Waals surface area contributed by atoms with Crippen LogP contribution in [0.2, 0.25) is 0 Å². The Hall–Kier alpha value is -0.410. The van der Waals surface area contributed by atoms with Crippen LogP contribution < -0.4 is 0 Å². The molecule has 2 rings (SSSR count). The van der Waals surface area contributed by atoms with E-state index < -0.39 is 0 Å². The van der Waals surface area contributed by atoms with Crippen molar-refractivity contribution in [1.82, 2.24) is 0 Å². The molecule has 1 fully saturated rings. The number of benzene rings is 1. The smallest absolute Gasteiger partial charge is 0.137 e. The van der Waals surface area contributed by atoms with Gasteiger partial charge in [0, 0.05) is 0 Å². The first-order valence-corrected chi connectivity index (χ1v) is 6.61. The van der Waals surface area contributed by atoms with Crippen molar-refractivity contribution in [3.05, 3.63) is 34.1 Å². The maximum atomic E-state index is 13.2. The van der Waals surface area contributed by atoms with Gasteiger partial charge in [0.2, 0.25) is 0 Å². The van der Waals surface area contributed by atoms with Crippen molar-refractivity contribution in [3.63, 3.8) is 0 Å². The number of hydrogen-bond donors (Lipinski definition) is 0. The Bertz CT molecular complexity index is 348. The Balaban J connectivity index is 1.91. The van der Waals surface area contributed by atoms with Gasteiger partial charge in [0.05, 0.1) is 17.2 Å². The minimum Gasteiger partial charge on any atom is -0.374 e. The van der Waals surface area contributed by atoms with Gasteiger partial charge in [-0.25, -0.2) is 4.39 Å². The maximum Gasteiger partial charge on any atom is 0.137 e. The molecule has 0 atom stereocenters. The average molecular weight is 287 g/mol. The quantitative estimate of drug-likeness (QED) is 0.798. The van der Waals surface area contributed by atoms with E-state index in [0.717, 1.165) is 18.4 Å². The van der Waals surface area contributed by atoms with Gasteiger partial charge in [-0.1, -0.05) is 31.4 Å². The van der Waals surface area contributed by atoms with E-state index >= 15 is 0 Å². The fourth-order valence-electron chi connectivity index (χ4n) is 2.10. The molecule has 0 amide bonds. The predicted molar refractivity (Wildman–Crippen MR) is 65.8 cm³/mol. The lowest BCUT2D eigenvalue weighted by atomic mass is 9.98. The SMILES string of the molecule is Fc1cccc(COC2CCCCC2)c1Br. The van der Waals surface area contributed by atoms with Crippen LogP contribution >= 0.6 is 15.9 Å². The van der Waals surface area contributed by atoms with Crippen LogP contribution in [-0.4, -0.2) is 6.10 Å². The first-order valence-electron chi connectivity index (χ1n) is 5.82. The van der Waals surface area contributed by atoms with Crippen molar-refractivity contribution >= 4 is 15.9 Å². The van der Waals surface area contributed by atoms with Gasteiger partial charge < -0.3 is 4.74 Å². The van der Waals surface area contributed by atoms with Crippen LogP contribution in [-0.2, 0) is 11.3 Å². The van der Waals surface area contributed by atoms with Gasteiger partial charge in [-0.05, 0) is 40.4 Å². The summed E-state index contributed by atoms with van der Waals surface area (Å²) in [5, 5.41) is 0. The molecule has 16 heavy (non-hydrogen) atoms. The summed E-state index contributed by atoms with van der Waals surface area (Å²) >= 11 is 3.25. The van der Waals surface area contributed by atoms with Crippen LogP contribution in [0.3, 0.4) is 0 Å². The first kappa shape index (κ1) is 12.1. The second-order valence-electron chi connectivity index (χ2n) is 4.28. The van der Waals surface area contributed by atoms with E-state index in [1.807, 2.05) is 6.07 Å². The summed E-state index contributed by atoms with van der Waals surface area (Å²) in [5.74, 6) is -0.218. The largest absolute Gasteiger partial charge is 0.374 e. The van der Waals surface area contributed by atoms with Crippen molar-refractivity contribution in [1.29, 1.82) is 0 Å². The molecule has 1 aliphatic rings. The number of ether oxygens (including phenoxy) is 1. The number of halogens is 2. The third-order valence-corrected chi connectivity index (χ3v) is 3.95. The summed E-state index contributed by atoms with van der Waals surface area (Å²) in [7, 11) is 0. The fourth-order valence-corrected chi connectivity index (χ4v) is 2.48. The molecule has 1 aromatic rings. The van der Waals surface area contributed by atoms with Crippen LogP contribution in [0.25, 0.3) is 0 Å². The number of rotatable bonds is 3. The second kappa shape index (κ2) is 5.78. The van der Waals surface area contributed by atoms with E-state index in [2.05, 4.69) is 15.9 Å². The molecule has 1 aliphatic carbocycles. The van der Waals surface area contributed by atoms with Gasteiger partial charge in [0.25, 0.3) is 0 Å². The lowest BCUT2D eigenvalue weighted by Crippen LogP contribution is -2.16. The molecular weight excluding hydrogens is 271 g/mol. The molecular formula is C13H16BrFO. The molecule has 88 valence electrons. The zero-order valence-electron chi connectivity index (χ0n) is 9.22. The van der Waals surface area contributed by atoms with Crippen LogP contribution in [0, 0.1) is 5.82 Å². The Morgan fingerprint density at radius 3 is 2.75 bits per heavy atom. The topological polar surface area (TPSA) is 9.23 Å². The van der Waals surface area contributed by atoms with Gasteiger partial charge in [-0.15, -0.1) is 0 Å². The van der Waals surface area contributed by atoms with Crippen molar-refractivity contribution < 1.29 is 9.13 Å². The lowest BCUT2D eigenvalue weighted by molar-refractivity contribution is 0.0165. The normalized spacial score (nSPS) is 17.6. The van der Waals surface area contributed by atoms with Crippen molar-refractivity contribution in [2.45, 2.75) is 44.8 Å². The van der Waals surface area contributed by atoms with Crippen molar-refractivity contribution in [2.75, 3.05) is 0 Å².